The van der Waals surface area contributed by atoms with E-state index in [2.05, 4.69) is 5.32 Å². The minimum Gasteiger partial charge on any atom is -0.497 e. The molecule has 0 saturated carbocycles. The number of quaternary nitrogens is 1. The fourth-order valence-corrected chi connectivity index (χ4v) is 3.39. The lowest BCUT2D eigenvalue weighted by molar-refractivity contribution is -0.902. The molecule has 0 spiro atoms. The van der Waals surface area contributed by atoms with Crippen molar-refractivity contribution in [2.45, 2.75) is 0 Å². The number of amides is 2. The molecule has 3 rings (SSSR count). The maximum absolute atomic E-state index is 12.6. The normalized spacial score (nSPS) is 14.3. The first kappa shape index (κ1) is 20.7. The van der Waals surface area contributed by atoms with E-state index in [1.54, 1.807) is 62.8 Å². The summed E-state index contributed by atoms with van der Waals surface area (Å²) in [5.74, 6) is 1.44. The zero-order chi connectivity index (χ0) is 20.6. The molecular formula is C22H28N3O4+. The number of methoxy groups -OCH3 is 2. The van der Waals surface area contributed by atoms with Gasteiger partial charge in [-0.3, -0.25) is 9.59 Å². The molecule has 7 nitrogen and oxygen atoms in total. The van der Waals surface area contributed by atoms with Crippen molar-refractivity contribution < 1.29 is 24.0 Å². The van der Waals surface area contributed by atoms with E-state index in [9.17, 15) is 9.59 Å². The maximum atomic E-state index is 12.6. The van der Waals surface area contributed by atoms with Crippen molar-refractivity contribution in [3.05, 3.63) is 59.7 Å². The lowest BCUT2D eigenvalue weighted by atomic mass is 10.1. The Bertz CT molecular complexity index is 810. The predicted octanol–water partition coefficient (Wildman–Crippen LogP) is 0.475. The lowest BCUT2D eigenvalue weighted by Crippen LogP contribution is -3.15. The number of hydrogen-bond donors (Lipinski definition) is 2. The monoisotopic (exact) mass is 398 g/mol. The maximum Gasteiger partial charge on any atom is 0.254 e. The molecule has 0 radical (unpaired) electrons. The summed E-state index contributed by atoms with van der Waals surface area (Å²) in [6.07, 6.45) is 0. The topological polar surface area (TPSA) is 72.3 Å². The van der Waals surface area contributed by atoms with E-state index < -0.39 is 0 Å². The standard InChI is InChI=1S/C22H27N3O4/c1-28-19-7-3-17(4-8-19)21(26)23-11-12-24-13-15-25(16-14-24)22(27)18-5-9-20(29-2)10-6-18/h3-10H,11-16H2,1-2H3,(H,23,26)/p+1. The number of carbonyl (C=O) groups excluding carboxylic acids is 2. The Morgan fingerprint density at radius 2 is 1.41 bits per heavy atom. The summed E-state index contributed by atoms with van der Waals surface area (Å²) < 4.78 is 10.2. The average molecular weight is 398 g/mol. The molecule has 7 heteroatoms. The average Bonchev–Trinajstić information content (AvgIpc) is 2.79. The van der Waals surface area contributed by atoms with E-state index in [0.29, 0.717) is 30.8 Å². The minimum atomic E-state index is -0.0830. The van der Waals surface area contributed by atoms with E-state index in [-0.39, 0.29) is 11.8 Å². The SMILES string of the molecule is COc1ccc(C(=O)NCC[NH+]2CCN(C(=O)c3ccc(OC)cc3)CC2)cc1. The number of nitrogens with zero attached hydrogens (tertiary/aromatic N) is 1. The zero-order valence-electron chi connectivity index (χ0n) is 16.9. The molecule has 29 heavy (non-hydrogen) atoms. The number of piperazine rings is 1. The molecule has 0 unspecified atom stereocenters. The number of ether oxygens (including phenoxy) is 2. The number of rotatable bonds is 7. The summed E-state index contributed by atoms with van der Waals surface area (Å²) in [4.78, 5) is 28.1. The van der Waals surface area contributed by atoms with Gasteiger partial charge in [-0.2, -0.15) is 0 Å². The van der Waals surface area contributed by atoms with Gasteiger partial charge in [-0.25, -0.2) is 0 Å². The molecule has 2 amide bonds. The highest BCUT2D eigenvalue weighted by Gasteiger charge is 2.24. The van der Waals surface area contributed by atoms with E-state index in [1.807, 2.05) is 4.90 Å². The van der Waals surface area contributed by atoms with Crippen LogP contribution in [0, 0.1) is 0 Å². The summed E-state index contributed by atoms with van der Waals surface area (Å²) in [6.45, 7) is 4.62. The molecule has 2 aromatic rings. The molecule has 1 fully saturated rings. The molecule has 0 aromatic heterocycles. The Balaban J connectivity index is 1.40. The number of carbonyl (C=O) groups is 2. The quantitative estimate of drug-likeness (QED) is 0.712. The van der Waals surface area contributed by atoms with Gasteiger partial charge in [0.2, 0.25) is 0 Å². The van der Waals surface area contributed by atoms with Crippen LogP contribution in [0.3, 0.4) is 0 Å². The third kappa shape index (κ3) is 5.48. The molecule has 2 aromatic carbocycles. The molecule has 1 aliphatic rings. The molecule has 1 heterocycles. The molecule has 0 atom stereocenters. The predicted molar refractivity (Wildman–Crippen MR) is 110 cm³/mol. The number of hydrogen-bond acceptors (Lipinski definition) is 4. The molecule has 1 aliphatic heterocycles. The minimum absolute atomic E-state index is 0.0551. The van der Waals surface area contributed by atoms with Crippen molar-refractivity contribution in [3.8, 4) is 11.5 Å². The van der Waals surface area contributed by atoms with Crippen LogP contribution in [0.4, 0.5) is 0 Å². The summed E-state index contributed by atoms with van der Waals surface area (Å²) in [5.41, 5.74) is 1.30. The van der Waals surface area contributed by atoms with Crippen molar-refractivity contribution in [2.75, 3.05) is 53.5 Å². The van der Waals surface area contributed by atoms with Gasteiger partial charge < -0.3 is 24.6 Å². The van der Waals surface area contributed by atoms with Crippen LogP contribution in [0.1, 0.15) is 20.7 Å². The van der Waals surface area contributed by atoms with E-state index in [0.717, 1.165) is 31.1 Å². The van der Waals surface area contributed by atoms with Gasteiger partial charge in [-0.15, -0.1) is 0 Å². The first-order chi connectivity index (χ1) is 14.1. The van der Waals surface area contributed by atoms with Gasteiger partial charge in [0.15, 0.2) is 0 Å². The second-order valence-electron chi connectivity index (χ2n) is 7.01. The summed E-state index contributed by atoms with van der Waals surface area (Å²) in [5, 5.41) is 2.96. The fourth-order valence-electron chi connectivity index (χ4n) is 3.39. The van der Waals surface area contributed by atoms with Crippen LogP contribution in [0.2, 0.25) is 0 Å². The van der Waals surface area contributed by atoms with Crippen LogP contribution >= 0.6 is 0 Å². The first-order valence-electron chi connectivity index (χ1n) is 9.80. The van der Waals surface area contributed by atoms with Crippen molar-refractivity contribution in [2.24, 2.45) is 0 Å². The Labute approximate surface area is 171 Å². The highest BCUT2D eigenvalue weighted by Crippen LogP contribution is 2.13. The molecule has 1 saturated heterocycles. The highest BCUT2D eigenvalue weighted by atomic mass is 16.5. The van der Waals surface area contributed by atoms with Crippen molar-refractivity contribution in [3.63, 3.8) is 0 Å². The molecule has 0 bridgehead atoms. The Morgan fingerprint density at radius 3 is 1.93 bits per heavy atom. The Hall–Kier alpha value is -3.06. The molecule has 0 aliphatic carbocycles. The van der Waals surface area contributed by atoms with Crippen LogP contribution < -0.4 is 19.7 Å². The fraction of sp³-hybridized carbons (Fsp3) is 0.364. The zero-order valence-corrected chi connectivity index (χ0v) is 16.9. The molecule has 2 N–H and O–H groups in total. The largest absolute Gasteiger partial charge is 0.497 e. The Morgan fingerprint density at radius 1 is 0.897 bits per heavy atom. The van der Waals surface area contributed by atoms with Crippen molar-refractivity contribution >= 4 is 11.8 Å². The van der Waals surface area contributed by atoms with Crippen LogP contribution in [-0.4, -0.2) is 70.2 Å². The van der Waals surface area contributed by atoms with E-state index >= 15 is 0 Å². The molecular weight excluding hydrogens is 370 g/mol. The third-order valence-corrected chi connectivity index (χ3v) is 5.21. The molecule has 154 valence electrons. The van der Waals surface area contributed by atoms with Crippen molar-refractivity contribution in [1.82, 2.24) is 10.2 Å². The first-order valence-corrected chi connectivity index (χ1v) is 9.80. The van der Waals surface area contributed by atoms with Gasteiger partial charge in [0.25, 0.3) is 11.8 Å². The van der Waals surface area contributed by atoms with Crippen LogP contribution in [0.25, 0.3) is 0 Å². The van der Waals surface area contributed by atoms with E-state index in [4.69, 9.17) is 9.47 Å². The van der Waals surface area contributed by atoms with Crippen molar-refractivity contribution in [1.29, 1.82) is 0 Å². The van der Waals surface area contributed by atoms with Crippen LogP contribution in [0.5, 0.6) is 11.5 Å². The van der Waals surface area contributed by atoms with Gasteiger partial charge in [-0.05, 0) is 48.5 Å². The van der Waals surface area contributed by atoms with Gasteiger partial charge in [0.1, 0.15) is 11.5 Å². The van der Waals surface area contributed by atoms with Gasteiger partial charge >= 0.3 is 0 Å². The smallest absolute Gasteiger partial charge is 0.254 e. The van der Waals surface area contributed by atoms with Gasteiger partial charge in [-0.1, -0.05) is 0 Å². The second kappa shape index (κ2) is 9.93. The summed E-state index contributed by atoms with van der Waals surface area (Å²) in [6, 6.07) is 14.3. The second-order valence-corrected chi connectivity index (χ2v) is 7.01. The van der Waals surface area contributed by atoms with E-state index in [1.165, 1.54) is 4.90 Å². The van der Waals surface area contributed by atoms with Crippen LogP contribution in [-0.2, 0) is 0 Å². The third-order valence-electron chi connectivity index (χ3n) is 5.21. The van der Waals surface area contributed by atoms with Crippen LogP contribution in [0.15, 0.2) is 48.5 Å². The van der Waals surface area contributed by atoms with Gasteiger partial charge in [0.05, 0.1) is 53.5 Å². The highest BCUT2D eigenvalue weighted by molar-refractivity contribution is 5.94. The number of nitrogens with one attached hydrogen (secondary N) is 2. The van der Waals surface area contributed by atoms with Gasteiger partial charge in [0, 0.05) is 11.1 Å². The Kier molecular flexibility index (Phi) is 7.08. The number of benzene rings is 2. The lowest BCUT2D eigenvalue weighted by Gasteiger charge is -2.32. The summed E-state index contributed by atoms with van der Waals surface area (Å²) >= 11 is 0. The summed E-state index contributed by atoms with van der Waals surface area (Å²) in [7, 11) is 3.21.